The quantitative estimate of drug-likeness (QED) is 0.163. The number of benzene rings is 10. The third kappa shape index (κ3) is 5.09. The van der Waals surface area contributed by atoms with Gasteiger partial charge in [-0.25, -0.2) is 0 Å². The molecule has 0 saturated carbocycles. The average Bonchev–Trinajstić information content (AvgIpc) is 3.64. The van der Waals surface area contributed by atoms with Crippen molar-refractivity contribution in [2.24, 2.45) is 0 Å². The predicted octanol–water partition coefficient (Wildman–Crippen LogP) is 15.4. The highest BCUT2D eigenvalue weighted by Crippen LogP contribution is 2.52. The second-order valence-corrected chi connectivity index (χ2v) is 14.4. The van der Waals surface area contributed by atoms with Crippen LogP contribution in [-0.2, 0) is 0 Å². The Kier molecular flexibility index (Phi) is 7.25. The molecule has 0 spiro atoms. The van der Waals surface area contributed by atoms with Crippen LogP contribution in [-0.4, -0.2) is 0 Å². The fraction of sp³-hybridized carbons (Fsp3) is 0. The first kappa shape index (κ1) is 31.3. The van der Waals surface area contributed by atoms with Gasteiger partial charge in [0.2, 0.25) is 0 Å². The van der Waals surface area contributed by atoms with Crippen LogP contribution >= 0.6 is 0 Å². The van der Waals surface area contributed by atoms with E-state index in [4.69, 9.17) is 4.42 Å². The van der Waals surface area contributed by atoms with E-state index in [9.17, 15) is 0 Å². The van der Waals surface area contributed by atoms with Gasteiger partial charge >= 0.3 is 0 Å². The van der Waals surface area contributed by atoms with Crippen LogP contribution in [0.1, 0.15) is 0 Å². The highest BCUT2D eigenvalue weighted by molar-refractivity contribution is 6.30. The van der Waals surface area contributed by atoms with Crippen LogP contribution in [0.15, 0.2) is 211 Å². The summed E-state index contributed by atoms with van der Waals surface area (Å²) in [5, 5.41) is 9.62. The largest absolute Gasteiger partial charge is 0.456 e. The lowest BCUT2D eigenvalue weighted by Crippen LogP contribution is -1.96. The number of hydrogen-bond donors (Lipinski definition) is 0. The summed E-state index contributed by atoms with van der Waals surface area (Å²) in [6, 6.07) is 74.8. The molecule has 55 heavy (non-hydrogen) atoms. The van der Waals surface area contributed by atoms with Crippen molar-refractivity contribution in [3.63, 3.8) is 0 Å². The fourth-order valence-corrected chi connectivity index (χ4v) is 8.80. The van der Waals surface area contributed by atoms with E-state index in [2.05, 4.69) is 206 Å². The van der Waals surface area contributed by atoms with Gasteiger partial charge in [-0.3, -0.25) is 0 Å². The van der Waals surface area contributed by atoms with Crippen LogP contribution in [0.5, 0.6) is 0 Å². The van der Waals surface area contributed by atoms with Gasteiger partial charge in [-0.2, -0.15) is 0 Å². The number of hydrogen-bond acceptors (Lipinski definition) is 1. The van der Waals surface area contributed by atoms with E-state index in [1.807, 2.05) is 0 Å². The first-order valence-electron chi connectivity index (χ1n) is 18.9. The van der Waals surface area contributed by atoms with E-state index in [0.717, 1.165) is 33.1 Å². The van der Waals surface area contributed by atoms with Crippen LogP contribution in [0.25, 0.3) is 110 Å². The molecular formula is C54H34O. The van der Waals surface area contributed by atoms with Crippen LogP contribution in [0.3, 0.4) is 0 Å². The van der Waals surface area contributed by atoms with Gasteiger partial charge in [-0.05, 0) is 112 Å². The minimum atomic E-state index is 0.883. The molecule has 1 heterocycles. The van der Waals surface area contributed by atoms with Crippen molar-refractivity contribution in [2.75, 3.05) is 0 Å². The Morgan fingerprint density at radius 2 is 0.818 bits per heavy atom. The minimum absolute atomic E-state index is 0.883. The highest BCUT2D eigenvalue weighted by atomic mass is 16.3. The topological polar surface area (TPSA) is 13.1 Å². The lowest BCUT2D eigenvalue weighted by atomic mass is 9.79. The summed E-state index contributed by atoms with van der Waals surface area (Å²) >= 11 is 0. The predicted molar refractivity (Wildman–Crippen MR) is 233 cm³/mol. The van der Waals surface area contributed by atoms with Crippen molar-refractivity contribution in [3.05, 3.63) is 206 Å². The van der Waals surface area contributed by atoms with E-state index >= 15 is 0 Å². The van der Waals surface area contributed by atoms with Crippen LogP contribution in [0.4, 0.5) is 0 Å². The van der Waals surface area contributed by atoms with E-state index in [-0.39, 0.29) is 0 Å². The Bertz CT molecular complexity index is 3230. The summed E-state index contributed by atoms with van der Waals surface area (Å²) in [5.41, 5.74) is 13.7. The van der Waals surface area contributed by atoms with Gasteiger partial charge in [-0.15, -0.1) is 0 Å². The van der Waals surface area contributed by atoms with Gasteiger partial charge in [0.15, 0.2) is 0 Å². The van der Waals surface area contributed by atoms with Crippen LogP contribution < -0.4 is 0 Å². The molecule has 1 heteroatoms. The van der Waals surface area contributed by atoms with Gasteiger partial charge in [0, 0.05) is 10.8 Å². The third-order valence-corrected chi connectivity index (χ3v) is 11.3. The number of rotatable bonds is 5. The first-order chi connectivity index (χ1) is 27.3. The maximum atomic E-state index is 6.74. The molecule has 11 rings (SSSR count). The molecule has 0 aliphatic carbocycles. The van der Waals surface area contributed by atoms with E-state index in [0.29, 0.717) is 0 Å². The smallest absolute Gasteiger partial charge is 0.136 e. The molecule has 11 aromatic rings. The van der Waals surface area contributed by atoms with Gasteiger partial charge in [0.25, 0.3) is 0 Å². The molecule has 0 unspecified atom stereocenters. The monoisotopic (exact) mass is 698 g/mol. The Morgan fingerprint density at radius 1 is 0.255 bits per heavy atom. The molecule has 0 bridgehead atoms. The Morgan fingerprint density at radius 3 is 1.51 bits per heavy atom. The summed E-state index contributed by atoms with van der Waals surface area (Å²) in [7, 11) is 0. The molecule has 0 saturated heterocycles. The van der Waals surface area contributed by atoms with Crippen LogP contribution in [0, 0.1) is 0 Å². The lowest BCUT2D eigenvalue weighted by molar-refractivity contribution is 0.669. The molecule has 256 valence electrons. The number of furan rings is 1. The maximum Gasteiger partial charge on any atom is 0.136 e. The minimum Gasteiger partial charge on any atom is -0.456 e. The second-order valence-electron chi connectivity index (χ2n) is 14.4. The molecule has 0 aliphatic heterocycles. The molecule has 0 atom stereocenters. The normalized spacial score (nSPS) is 11.6. The summed E-state index contributed by atoms with van der Waals surface area (Å²) in [5.74, 6) is 0. The maximum absolute atomic E-state index is 6.74. The fourth-order valence-electron chi connectivity index (χ4n) is 8.80. The van der Waals surface area contributed by atoms with Crippen molar-refractivity contribution in [1.82, 2.24) is 0 Å². The first-order valence-corrected chi connectivity index (χ1v) is 18.9. The van der Waals surface area contributed by atoms with Crippen molar-refractivity contribution in [2.45, 2.75) is 0 Å². The molecule has 10 aromatic carbocycles. The zero-order valence-corrected chi connectivity index (χ0v) is 30.0. The van der Waals surface area contributed by atoms with Crippen molar-refractivity contribution < 1.29 is 4.42 Å². The van der Waals surface area contributed by atoms with Crippen molar-refractivity contribution in [3.8, 4) is 55.6 Å². The van der Waals surface area contributed by atoms with E-state index in [1.165, 1.54) is 76.8 Å². The summed E-state index contributed by atoms with van der Waals surface area (Å²) < 4.78 is 6.74. The van der Waals surface area contributed by atoms with Gasteiger partial charge in [-0.1, -0.05) is 182 Å². The average molecular weight is 699 g/mol. The molecule has 0 radical (unpaired) electrons. The molecule has 0 N–H and O–H groups in total. The summed E-state index contributed by atoms with van der Waals surface area (Å²) in [6.07, 6.45) is 0. The summed E-state index contributed by atoms with van der Waals surface area (Å²) in [6.45, 7) is 0. The van der Waals surface area contributed by atoms with Crippen LogP contribution in [0.2, 0.25) is 0 Å². The van der Waals surface area contributed by atoms with Gasteiger partial charge in [0.1, 0.15) is 11.2 Å². The molecule has 1 nitrogen and oxygen atoms in total. The summed E-state index contributed by atoms with van der Waals surface area (Å²) in [4.78, 5) is 0. The Balaban J connectivity index is 1.34. The van der Waals surface area contributed by atoms with E-state index in [1.54, 1.807) is 0 Å². The molecule has 0 amide bonds. The Labute approximate surface area is 319 Å². The standard InChI is InChI=1S/C54H34O/c1-4-15-35(16-5-1)40-29-30-46-49(34-40)55-48-26-14-25-47(51(46)48)52-45-24-13-12-23-44(45)50(41-28-27-36-17-10-11-22-39(36)33-41)53-42(37-18-6-2-7-19-37)31-32-43(54(52)53)38-20-8-3-9-21-38/h1-34H. The molecular weight excluding hydrogens is 665 g/mol. The third-order valence-electron chi connectivity index (χ3n) is 11.3. The second kappa shape index (κ2) is 12.7. The Hall–Kier alpha value is -7.22. The molecule has 0 fully saturated rings. The van der Waals surface area contributed by atoms with Crippen molar-refractivity contribution in [1.29, 1.82) is 0 Å². The van der Waals surface area contributed by atoms with E-state index < -0.39 is 0 Å². The zero-order valence-electron chi connectivity index (χ0n) is 30.0. The van der Waals surface area contributed by atoms with Gasteiger partial charge < -0.3 is 4.42 Å². The zero-order chi connectivity index (χ0) is 36.3. The molecule has 1 aromatic heterocycles. The molecule has 0 aliphatic rings. The lowest BCUT2D eigenvalue weighted by Gasteiger charge is -2.23. The number of fused-ring (bicyclic) bond motifs is 6. The highest BCUT2D eigenvalue weighted by Gasteiger charge is 2.25. The SMILES string of the molecule is c1ccc(-c2ccc3c(c2)oc2cccc(-c4c5ccccc5c(-c5ccc6ccccc6c5)c5c(-c6ccccc6)ccc(-c6ccccc6)c45)c23)cc1. The van der Waals surface area contributed by atoms with Gasteiger partial charge in [0.05, 0.1) is 0 Å². The van der Waals surface area contributed by atoms with Crippen molar-refractivity contribution >= 4 is 54.3 Å².